The van der Waals surface area contributed by atoms with E-state index in [-0.39, 0.29) is 29.9 Å². The third-order valence-electron chi connectivity index (χ3n) is 6.21. The zero-order valence-electron chi connectivity index (χ0n) is 19.2. The second kappa shape index (κ2) is 13.6. The molecule has 1 amide bonds. The van der Waals surface area contributed by atoms with Gasteiger partial charge in [0.1, 0.15) is 5.76 Å². The molecule has 180 valence electrons. The van der Waals surface area contributed by atoms with Gasteiger partial charge in [-0.2, -0.15) is 0 Å². The number of piperidine rings is 1. The number of ether oxygens (including phenoxy) is 1. The van der Waals surface area contributed by atoms with Gasteiger partial charge in [0.25, 0.3) is 0 Å². The van der Waals surface area contributed by atoms with Crippen LogP contribution in [0.3, 0.4) is 0 Å². The molecule has 4 rings (SSSR count). The number of hydrogen-bond donors (Lipinski definition) is 1. The Morgan fingerprint density at radius 2 is 1.73 bits per heavy atom. The van der Waals surface area contributed by atoms with Gasteiger partial charge in [-0.1, -0.05) is 30.3 Å². The minimum absolute atomic E-state index is 0. The molecular formula is C25H35IN4O3. The number of likely N-dealkylation sites (tertiary alicyclic amines) is 1. The monoisotopic (exact) mass is 566 g/mol. The van der Waals surface area contributed by atoms with Crippen LogP contribution in [0.15, 0.2) is 58.1 Å². The zero-order valence-corrected chi connectivity index (χ0v) is 21.5. The van der Waals surface area contributed by atoms with E-state index >= 15 is 0 Å². The van der Waals surface area contributed by atoms with Crippen LogP contribution in [0.2, 0.25) is 0 Å². The van der Waals surface area contributed by atoms with Gasteiger partial charge in [-0.15, -0.1) is 24.0 Å². The third kappa shape index (κ3) is 7.74. The number of benzene rings is 1. The summed E-state index contributed by atoms with van der Waals surface area (Å²) < 4.78 is 10.8. The summed E-state index contributed by atoms with van der Waals surface area (Å²) in [5.74, 6) is 2.29. The molecule has 2 aliphatic heterocycles. The molecular weight excluding hydrogens is 531 g/mol. The summed E-state index contributed by atoms with van der Waals surface area (Å²) in [6.07, 6.45) is 5.17. The largest absolute Gasteiger partial charge is 0.469 e. The van der Waals surface area contributed by atoms with Crippen molar-refractivity contribution in [3.05, 3.63) is 60.1 Å². The summed E-state index contributed by atoms with van der Waals surface area (Å²) >= 11 is 0. The molecule has 1 aromatic carbocycles. The topological polar surface area (TPSA) is 70.3 Å². The first-order valence-corrected chi connectivity index (χ1v) is 11.8. The molecule has 2 fully saturated rings. The van der Waals surface area contributed by atoms with Crippen LogP contribution in [0.4, 0.5) is 0 Å². The fraction of sp³-hybridized carbons (Fsp3) is 0.520. The number of nitrogens with zero attached hydrogens (tertiary/aromatic N) is 3. The van der Waals surface area contributed by atoms with Gasteiger partial charge in [-0.3, -0.25) is 9.79 Å². The van der Waals surface area contributed by atoms with E-state index in [1.807, 2.05) is 23.1 Å². The molecule has 0 atom stereocenters. The van der Waals surface area contributed by atoms with Crippen molar-refractivity contribution in [2.75, 3.05) is 52.5 Å². The van der Waals surface area contributed by atoms with Crippen molar-refractivity contribution in [2.24, 2.45) is 10.9 Å². The fourth-order valence-corrected chi connectivity index (χ4v) is 4.34. The van der Waals surface area contributed by atoms with Crippen molar-refractivity contribution < 1.29 is 13.9 Å². The Kier molecular flexibility index (Phi) is 10.5. The van der Waals surface area contributed by atoms with Crippen LogP contribution in [0.1, 0.15) is 24.2 Å². The average molecular weight is 566 g/mol. The number of nitrogens with one attached hydrogen (secondary N) is 1. The molecule has 0 aliphatic carbocycles. The van der Waals surface area contributed by atoms with Crippen LogP contribution >= 0.6 is 24.0 Å². The molecule has 2 aliphatic rings. The lowest BCUT2D eigenvalue weighted by Crippen LogP contribution is -2.50. The number of hydrogen-bond acceptors (Lipinski definition) is 4. The number of amides is 1. The van der Waals surface area contributed by atoms with E-state index in [1.165, 1.54) is 5.56 Å². The van der Waals surface area contributed by atoms with Gasteiger partial charge in [0, 0.05) is 51.6 Å². The first kappa shape index (κ1) is 25.6. The predicted molar refractivity (Wildman–Crippen MR) is 140 cm³/mol. The number of carbonyl (C=O) groups excluding carboxylic acids is 1. The number of rotatable bonds is 7. The van der Waals surface area contributed by atoms with E-state index in [1.54, 1.807) is 6.26 Å². The normalized spacial score (nSPS) is 17.5. The number of guanidine groups is 1. The Labute approximate surface area is 213 Å². The predicted octanol–water partition coefficient (Wildman–Crippen LogP) is 3.20. The first-order valence-electron chi connectivity index (χ1n) is 11.8. The Hall–Kier alpha value is -2.07. The highest BCUT2D eigenvalue weighted by atomic mass is 127. The Morgan fingerprint density at radius 1 is 0.970 bits per heavy atom. The number of carbonyl (C=O) groups is 1. The van der Waals surface area contributed by atoms with Crippen molar-refractivity contribution in [2.45, 2.75) is 25.7 Å². The van der Waals surface area contributed by atoms with Gasteiger partial charge in [0.2, 0.25) is 5.91 Å². The first-order chi connectivity index (χ1) is 15.8. The maximum atomic E-state index is 12.9. The molecule has 7 nitrogen and oxygen atoms in total. The zero-order chi connectivity index (χ0) is 22.0. The van der Waals surface area contributed by atoms with E-state index in [0.29, 0.717) is 25.7 Å². The molecule has 1 N–H and O–H groups in total. The fourth-order valence-electron chi connectivity index (χ4n) is 4.34. The summed E-state index contributed by atoms with van der Waals surface area (Å²) in [5.41, 5.74) is 1.31. The van der Waals surface area contributed by atoms with Gasteiger partial charge in [0.15, 0.2) is 5.96 Å². The molecule has 8 heteroatoms. The van der Waals surface area contributed by atoms with E-state index < -0.39 is 0 Å². The lowest BCUT2D eigenvalue weighted by molar-refractivity contribution is -0.140. The Bertz CT molecular complexity index is 846. The SMILES string of the molecule is I.O=C(C1CCN(C(=NCCc2ccco2)NCCc2ccccc2)CC1)N1CCOCC1. The summed E-state index contributed by atoms with van der Waals surface area (Å²) in [7, 11) is 0. The van der Waals surface area contributed by atoms with Gasteiger partial charge in [-0.25, -0.2) is 0 Å². The Morgan fingerprint density at radius 3 is 2.42 bits per heavy atom. The summed E-state index contributed by atoms with van der Waals surface area (Å²) in [6.45, 7) is 5.95. The van der Waals surface area contributed by atoms with E-state index in [0.717, 1.165) is 70.1 Å². The Balaban J connectivity index is 0.00000306. The molecule has 2 aromatic rings. The van der Waals surface area contributed by atoms with Crippen molar-refractivity contribution in [1.29, 1.82) is 0 Å². The standard InChI is InChI=1S/C25H34N4O3.HI/c30-24(28-16-19-31-20-17-28)22-10-14-29(15-11-22)25(27-13-9-23-7-4-18-32-23)26-12-8-21-5-2-1-3-6-21;/h1-7,18,22H,8-17,19-20H2,(H,26,27);1H. The van der Waals surface area contributed by atoms with E-state index in [4.69, 9.17) is 14.1 Å². The highest BCUT2D eigenvalue weighted by Gasteiger charge is 2.30. The molecule has 0 saturated carbocycles. The molecule has 0 radical (unpaired) electrons. The van der Waals surface area contributed by atoms with Crippen LogP contribution in [-0.2, 0) is 22.4 Å². The molecule has 2 saturated heterocycles. The molecule has 0 unspecified atom stereocenters. The second-order valence-corrected chi connectivity index (χ2v) is 8.40. The molecule has 1 aromatic heterocycles. The number of furan rings is 1. The number of aliphatic imine (C=N–C) groups is 1. The minimum Gasteiger partial charge on any atom is -0.469 e. The maximum Gasteiger partial charge on any atom is 0.225 e. The van der Waals surface area contributed by atoms with Crippen LogP contribution in [0.25, 0.3) is 0 Å². The number of morpholine rings is 1. The molecule has 3 heterocycles. The quantitative estimate of drug-likeness (QED) is 0.317. The lowest BCUT2D eigenvalue weighted by Gasteiger charge is -2.36. The summed E-state index contributed by atoms with van der Waals surface area (Å²) in [5, 5.41) is 3.56. The van der Waals surface area contributed by atoms with Crippen molar-refractivity contribution in [3.8, 4) is 0 Å². The second-order valence-electron chi connectivity index (χ2n) is 8.40. The number of halogens is 1. The molecule has 0 spiro atoms. The van der Waals surface area contributed by atoms with E-state index in [2.05, 4.69) is 34.5 Å². The van der Waals surface area contributed by atoms with E-state index in [9.17, 15) is 4.79 Å². The lowest BCUT2D eigenvalue weighted by atomic mass is 9.95. The maximum absolute atomic E-state index is 12.9. The minimum atomic E-state index is 0. The van der Waals surface area contributed by atoms with Crippen molar-refractivity contribution in [3.63, 3.8) is 0 Å². The molecule has 33 heavy (non-hydrogen) atoms. The highest BCUT2D eigenvalue weighted by molar-refractivity contribution is 14.0. The van der Waals surface area contributed by atoms with Crippen LogP contribution in [-0.4, -0.2) is 74.1 Å². The smallest absolute Gasteiger partial charge is 0.225 e. The highest BCUT2D eigenvalue weighted by Crippen LogP contribution is 2.20. The van der Waals surface area contributed by atoms with Crippen molar-refractivity contribution in [1.82, 2.24) is 15.1 Å². The van der Waals surface area contributed by atoms with Gasteiger partial charge < -0.3 is 24.3 Å². The van der Waals surface area contributed by atoms with Gasteiger partial charge in [0.05, 0.1) is 19.5 Å². The average Bonchev–Trinajstić information content (AvgIpc) is 3.38. The summed E-state index contributed by atoms with van der Waals surface area (Å²) in [6, 6.07) is 14.4. The summed E-state index contributed by atoms with van der Waals surface area (Å²) in [4.78, 5) is 22.0. The van der Waals surface area contributed by atoms with Crippen LogP contribution in [0, 0.1) is 5.92 Å². The van der Waals surface area contributed by atoms with Crippen LogP contribution < -0.4 is 5.32 Å². The van der Waals surface area contributed by atoms with Gasteiger partial charge >= 0.3 is 0 Å². The third-order valence-corrected chi connectivity index (χ3v) is 6.21. The van der Waals surface area contributed by atoms with Crippen molar-refractivity contribution >= 4 is 35.8 Å². The van der Waals surface area contributed by atoms with Crippen LogP contribution in [0.5, 0.6) is 0 Å². The molecule has 0 bridgehead atoms. The van der Waals surface area contributed by atoms with Gasteiger partial charge in [-0.05, 0) is 37.0 Å².